The predicted octanol–water partition coefficient (Wildman–Crippen LogP) is 4.28. The second kappa shape index (κ2) is 5.97. The molecule has 0 amide bonds. The highest BCUT2D eigenvalue weighted by Crippen LogP contribution is 2.23. The standard InChI is InChI=1S/C16H13ClN2O2/c1-11-18-19-16(21-11)12-6-8-14(9-7-12)20-10-13-4-2-3-5-15(13)17/h2-9H,10H2,1H3. The average molecular weight is 301 g/mol. The van der Waals surface area contributed by atoms with Gasteiger partial charge in [0.05, 0.1) is 0 Å². The lowest BCUT2D eigenvalue weighted by Gasteiger charge is -2.07. The van der Waals surface area contributed by atoms with E-state index in [4.69, 9.17) is 20.8 Å². The molecule has 0 unspecified atom stereocenters. The largest absolute Gasteiger partial charge is 0.489 e. The van der Waals surface area contributed by atoms with Gasteiger partial charge in [-0.05, 0) is 30.3 Å². The van der Waals surface area contributed by atoms with Crippen LogP contribution in [0.4, 0.5) is 0 Å². The molecule has 2 aromatic carbocycles. The third kappa shape index (κ3) is 3.23. The Hall–Kier alpha value is -2.33. The Bertz CT molecular complexity index is 738. The molecule has 3 rings (SSSR count). The van der Waals surface area contributed by atoms with Gasteiger partial charge in [-0.3, -0.25) is 0 Å². The predicted molar refractivity (Wildman–Crippen MR) is 80.3 cm³/mol. The summed E-state index contributed by atoms with van der Waals surface area (Å²) < 4.78 is 11.1. The first kappa shape index (κ1) is 13.6. The van der Waals surface area contributed by atoms with Gasteiger partial charge in [0.25, 0.3) is 0 Å². The Morgan fingerprint density at radius 1 is 1.05 bits per heavy atom. The van der Waals surface area contributed by atoms with E-state index in [0.717, 1.165) is 16.9 Å². The molecule has 1 heterocycles. The summed E-state index contributed by atoms with van der Waals surface area (Å²) in [4.78, 5) is 0. The molecule has 0 N–H and O–H groups in total. The first-order chi connectivity index (χ1) is 10.2. The van der Waals surface area contributed by atoms with Gasteiger partial charge in [0.2, 0.25) is 11.8 Å². The fraction of sp³-hybridized carbons (Fsp3) is 0.125. The highest BCUT2D eigenvalue weighted by Gasteiger charge is 2.06. The summed E-state index contributed by atoms with van der Waals surface area (Å²) in [6.07, 6.45) is 0. The lowest BCUT2D eigenvalue weighted by Crippen LogP contribution is -1.95. The van der Waals surface area contributed by atoms with Gasteiger partial charge in [-0.2, -0.15) is 0 Å². The maximum absolute atomic E-state index is 6.09. The molecule has 0 atom stereocenters. The van der Waals surface area contributed by atoms with Crippen LogP contribution in [-0.4, -0.2) is 10.2 Å². The molecule has 0 saturated heterocycles. The summed E-state index contributed by atoms with van der Waals surface area (Å²) in [7, 11) is 0. The Morgan fingerprint density at radius 3 is 2.48 bits per heavy atom. The number of aryl methyl sites for hydroxylation is 1. The minimum atomic E-state index is 0.429. The third-order valence-corrected chi connectivity index (χ3v) is 3.35. The Kier molecular flexibility index (Phi) is 3.88. The van der Waals surface area contributed by atoms with Gasteiger partial charge in [0, 0.05) is 23.1 Å². The molecule has 1 aromatic heterocycles. The normalized spacial score (nSPS) is 10.6. The van der Waals surface area contributed by atoms with Gasteiger partial charge in [-0.1, -0.05) is 29.8 Å². The zero-order valence-corrected chi connectivity index (χ0v) is 12.2. The van der Waals surface area contributed by atoms with E-state index in [1.54, 1.807) is 6.92 Å². The van der Waals surface area contributed by atoms with Crippen molar-refractivity contribution in [1.29, 1.82) is 0 Å². The first-order valence-electron chi connectivity index (χ1n) is 6.49. The van der Waals surface area contributed by atoms with Crippen molar-refractivity contribution in [3.8, 4) is 17.2 Å². The van der Waals surface area contributed by atoms with E-state index < -0.39 is 0 Å². The van der Waals surface area contributed by atoms with E-state index in [0.29, 0.717) is 23.4 Å². The van der Waals surface area contributed by atoms with Crippen LogP contribution >= 0.6 is 11.6 Å². The molecule has 0 spiro atoms. The van der Waals surface area contributed by atoms with Crippen LogP contribution in [0.3, 0.4) is 0 Å². The number of benzene rings is 2. The van der Waals surface area contributed by atoms with E-state index in [1.165, 1.54) is 0 Å². The maximum Gasteiger partial charge on any atom is 0.247 e. The monoisotopic (exact) mass is 300 g/mol. The number of hydrogen-bond acceptors (Lipinski definition) is 4. The summed E-state index contributed by atoms with van der Waals surface area (Å²) in [5.41, 5.74) is 1.82. The van der Waals surface area contributed by atoms with Crippen molar-refractivity contribution < 1.29 is 9.15 Å². The van der Waals surface area contributed by atoms with E-state index in [-0.39, 0.29) is 0 Å². The molecule has 0 bridgehead atoms. The Morgan fingerprint density at radius 2 is 1.81 bits per heavy atom. The molecule has 3 aromatic rings. The summed E-state index contributed by atoms with van der Waals surface area (Å²) in [6.45, 7) is 2.19. The summed E-state index contributed by atoms with van der Waals surface area (Å²) in [5.74, 6) is 1.81. The average Bonchev–Trinajstić information content (AvgIpc) is 2.94. The molecule has 0 saturated carbocycles. The summed E-state index contributed by atoms with van der Waals surface area (Å²) >= 11 is 6.09. The molecule has 0 aliphatic rings. The second-order valence-electron chi connectivity index (χ2n) is 4.53. The van der Waals surface area contributed by atoms with Crippen molar-refractivity contribution in [2.45, 2.75) is 13.5 Å². The minimum Gasteiger partial charge on any atom is -0.489 e. The van der Waals surface area contributed by atoms with Gasteiger partial charge < -0.3 is 9.15 Å². The number of ether oxygens (including phenoxy) is 1. The fourth-order valence-electron chi connectivity index (χ4n) is 1.88. The SMILES string of the molecule is Cc1nnc(-c2ccc(OCc3ccccc3Cl)cc2)o1. The van der Waals surface area contributed by atoms with Crippen molar-refractivity contribution >= 4 is 11.6 Å². The maximum atomic E-state index is 6.09. The van der Waals surface area contributed by atoms with Crippen LogP contribution in [-0.2, 0) is 6.61 Å². The molecule has 0 radical (unpaired) electrons. The summed E-state index contributed by atoms with van der Waals surface area (Å²) in [6, 6.07) is 15.1. The minimum absolute atomic E-state index is 0.429. The lowest BCUT2D eigenvalue weighted by molar-refractivity contribution is 0.306. The number of nitrogens with zero attached hydrogens (tertiary/aromatic N) is 2. The zero-order chi connectivity index (χ0) is 14.7. The zero-order valence-electron chi connectivity index (χ0n) is 11.4. The number of aromatic nitrogens is 2. The highest BCUT2D eigenvalue weighted by atomic mass is 35.5. The third-order valence-electron chi connectivity index (χ3n) is 2.98. The van der Waals surface area contributed by atoms with Gasteiger partial charge in [-0.25, -0.2) is 0 Å². The van der Waals surface area contributed by atoms with Crippen molar-refractivity contribution in [2.24, 2.45) is 0 Å². The molecule has 0 fully saturated rings. The van der Waals surface area contributed by atoms with Crippen LogP contribution in [0, 0.1) is 6.92 Å². The number of rotatable bonds is 4. The fourth-order valence-corrected chi connectivity index (χ4v) is 2.07. The van der Waals surface area contributed by atoms with Crippen LogP contribution in [0.2, 0.25) is 5.02 Å². The lowest BCUT2D eigenvalue weighted by atomic mass is 10.2. The molecule has 4 nitrogen and oxygen atoms in total. The van der Waals surface area contributed by atoms with Gasteiger partial charge in [0.1, 0.15) is 12.4 Å². The molecule has 0 aliphatic carbocycles. The smallest absolute Gasteiger partial charge is 0.247 e. The highest BCUT2D eigenvalue weighted by molar-refractivity contribution is 6.31. The quantitative estimate of drug-likeness (QED) is 0.721. The van der Waals surface area contributed by atoms with Gasteiger partial charge in [0.15, 0.2) is 0 Å². The van der Waals surface area contributed by atoms with Crippen molar-refractivity contribution in [1.82, 2.24) is 10.2 Å². The molecule has 106 valence electrons. The molecular formula is C16H13ClN2O2. The van der Waals surface area contributed by atoms with Crippen molar-refractivity contribution in [2.75, 3.05) is 0 Å². The molecule has 5 heteroatoms. The van der Waals surface area contributed by atoms with Crippen LogP contribution in [0.5, 0.6) is 5.75 Å². The Balaban J connectivity index is 1.69. The molecule has 0 aliphatic heterocycles. The molecule has 21 heavy (non-hydrogen) atoms. The molecular weight excluding hydrogens is 288 g/mol. The van der Waals surface area contributed by atoms with Gasteiger partial charge in [-0.15, -0.1) is 10.2 Å². The van der Waals surface area contributed by atoms with E-state index in [2.05, 4.69) is 10.2 Å². The van der Waals surface area contributed by atoms with Crippen LogP contribution in [0.15, 0.2) is 52.9 Å². The van der Waals surface area contributed by atoms with Crippen LogP contribution < -0.4 is 4.74 Å². The van der Waals surface area contributed by atoms with Gasteiger partial charge >= 0.3 is 0 Å². The van der Waals surface area contributed by atoms with E-state index >= 15 is 0 Å². The van der Waals surface area contributed by atoms with E-state index in [9.17, 15) is 0 Å². The first-order valence-corrected chi connectivity index (χ1v) is 6.87. The van der Waals surface area contributed by atoms with E-state index in [1.807, 2.05) is 48.5 Å². The number of halogens is 1. The van der Waals surface area contributed by atoms with Crippen LogP contribution in [0.25, 0.3) is 11.5 Å². The van der Waals surface area contributed by atoms with Crippen LogP contribution in [0.1, 0.15) is 11.5 Å². The van der Waals surface area contributed by atoms with Crippen molar-refractivity contribution in [3.63, 3.8) is 0 Å². The Labute approximate surface area is 127 Å². The summed E-state index contributed by atoms with van der Waals surface area (Å²) in [5, 5.41) is 8.49. The van der Waals surface area contributed by atoms with Crippen molar-refractivity contribution in [3.05, 3.63) is 65.0 Å². The number of hydrogen-bond donors (Lipinski definition) is 0. The second-order valence-corrected chi connectivity index (χ2v) is 4.94. The topological polar surface area (TPSA) is 48.2 Å².